The number of hydrogen-bond donors (Lipinski definition) is 1. The lowest BCUT2D eigenvalue weighted by Gasteiger charge is -2.43. The van der Waals surface area contributed by atoms with Crippen LogP contribution in [0.4, 0.5) is 0 Å². The second-order valence-electron chi connectivity index (χ2n) is 5.95. The van der Waals surface area contributed by atoms with Crippen molar-refractivity contribution in [3.8, 4) is 0 Å². The molecule has 4 aliphatic rings. The summed E-state index contributed by atoms with van der Waals surface area (Å²) in [5.41, 5.74) is -0.161. The summed E-state index contributed by atoms with van der Waals surface area (Å²) < 4.78 is 0. The number of aliphatic hydroxyl groups is 1. The Balaban J connectivity index is 1.84. The van der Waals surface area contributed by atoms with E-state index in [-0.39, 0.29) is 5.60 Å². The molecule has 0 saturated heterocycles. The van der Waals surface area contributed by atoms with Gasteiger partial charge >= 0.3 is 0 Å². The van der Waals surface area contributed by atoms with Crippen LogP contribution in [-0.4, -0.2) is 10.7 Å². The lowest BCUT2D eigenvalue weighted by atomic mass is 9.67. The fourth-order valence-corrected chi connectivity index (χ4v) is 5.54. The third kappa shape index (κ3) is 0.614. The molecular weight excluding hydrogens is 160 g/mol. The molecule has 0 aromatic heterocycles. The van der Waals surface area contributed by atoms with E-state index in [0.29, 0.717) is 11.8 Å². The van der Waals surface area contributed by atoms with Crippen LogP contribution in [0.15, 0.2) is 0 Å². The summed E-state index contributed by atoms with van der Waals surface area (Å²) in [6, 6.07) is 0. The molecule has 0 aromatic rings. The number of rotatable bonds is 0. The Bertz CT molecular complexity index is 238. The average Bonchev–Trinajstić information content (AvgIpc) is 2.79. The van der Waals surface area contributed by atoms with E-state index < -0.39 is 0 Å². The van der Waals surface area contributed by atoms with Gasteiger partial charge in [0.2, 0.25) is 0 Å². The molecule has 0 amide bonds. The zero-order chi connectivity index (χ0) is 8.63. The van der Waals surface area contributed by atoms with Gasteiger partial charge in [-0.05, 0) is 68.1 Å². The second-order valence-corrected chi connectivity index (χ2v) is 5.95. The second kappa shape index (κ2) is 1.98. The Morgan fingerprint density at radius 3 is 1.85 bits per heavy atom. The monoisotopic (exact) mass is 178 g/mol. The molecule has 0 radical (unpaired) electrons. The standard InChI is InChI=1S/C12H18O/c13-12-9-3-1-7(5-9)11(12)8-2-4-10(12)6-8/h7-11,13H,1-6H2/t7-,8-,9+,10+,11?,12?/m1/s1. The molecule has 4 fully saturated rings. The van der Waals surface area contributed by atoms with Gasteiger partial charge in [-0.1, -0.05) is 0 Å². The Hall–Kier alpha value is -0.0400. The average molecular weight is 178 g/mol. The molecule has 72 valence electrons. The van der Waals surface area contributed by atoms with Gasteiger partial charge in [-0.3, -0.25) is 0 Å². The third-order valence-electron chi connectivity index (χ3n) is 5.80. The summed E-state index contributed by atoms with van der Waals surface area (Å²) in [6.45, 7) is 0. The maximum atomic E-state index is 10.8. The highest BCUT2D eigenvalue weighted by molar-refractivity contribution is 5.18. The van der Waals surface area contributed by atoms with Crippen LogP contribution in [0.1, 0.15) is 38.5 Å². The van der Waals surface area contributed by atoms with E-state index in [1.54, 1.807) is 0 Å². The Morgan fingerprint density at radius 2 is 1.38 bits per heavy atom. The van der Waals surface area contributed by atoms with Crippen molar-refractivity contribution >= 4 is 0 Å². The van der Waals surface area contributed by atoms with Gasteiger partial charge in [-0.15, -0.1) is 0 Å². The van der Waals surface area contributed by atoms with E-state index in [2.05, 4.69) is 0 Å². The minimum absolute atomic E-state index is 0.161. The summed E-state index contributed by atoms with van der Waals surface area (Å²) in [4.78, 5) is 0. The Kier molecular flexibility index (Phi) is 1.11. The lowest BCUT2D eigenvalue weighted by molar-refractivity contribution is -0.0959. The first-order valence-electron chi connectivity index (χ1n) is 6.02. The minimum Gasteiger partial charge on any atom is -0.389 e. The van der Waals surface area contributed by atoms with Gasteiger partial charge in [0.15, 0.2) is 0 Å². The quantitative estimate of drug-likeness (QED) is 0.564. The van der Waals surface area contributed by atoms with Crippen molar-refractivity contribution in [2.45, 2.75) is 44.1 Å². The smallest absolute Gasteiger partial charge is 0.0737 e. The molecule has 0 heterocycles. The lowest BCUT2D eigenvalue weighted by Crippen LogP contribution is -2.47. The van der Waals surface area contributed by atoms with Crippen molar-refractivity contribution < 1.29 is 5.11 Å². The molecular formula is C12H18O. The van der Waals surface area contributed by atoms with Crippen LogP contribution in [0, 0.1) is 29.6 Å². The molecule has 4 bridgehead atoms. The van der Waals surface area contributed by atoms with E-state index in [4.69, 9.17) is 0 Å². The summed E-state index contributed by atoms with van der Waals surface area (Å²) in [5, 5.41) is 10.8. The number of hydrogen-bond acceptors (Lipinski definition) is 1. The highest BCUT2D eigenvalue weighted by Crippen LogP contribution is 2.69. The summed E-state index contributed by atoms with van der Waals surface area (Å²) in [5.74, 6) is 4.00. The first-order valence-corrected chi connectivity index (χ1v) is 6.02. The van der Waals surface area contributed by atoms with Gasteiger partial charge in [0.25, 0.3) is 0 Å². The van der Waals surface area contributed by atoms with Gasteiger partial charge < -0.3 is 5.11 Å². The normalized spacial score (nSPS) is 67.6. The van der Waals surface area contributed by atoms with Gasteiger partial charge in [-0.25, -0.2) is 0 Å². The maximum absolute atomic E-state index is 10.8. The molecule has 4 atom stereocenters. The van der Waals surface area contributed by atoms with Gasteiger partial charge in [-0.2, -0.15) is 0 Å². The predicted octanol–water partition coefficient (Wildman–Crippen LogP) is 2.19. The summed E-state index contributed by atoms with van der Waals surface area (Å²) in [6.07, 6.45) is 8.27. The van der Waals surface area contributed by atoms with Crippen LogP contribution in [0.2, 0.25) is 0 Å². The molecule has 4 saturated carbocycles. The molecule has 1 heteroatoms. The van der Waals surface area contributed by atoms with Crippen LogP contribution in [0.5, 0.6) is 0 Å². The molecule has 4 rings (SSSR count). The molecule has 1 N–H and O–H groups in total. The highest BCUT2D eigenvalue weighted by atomic mass is 16.3. The minimum atomic E-state index is -0.161. The van der Waals surface area contributed by atoms with Crippen molar-refractivity contribution in [3.05, 3.63) is 0 Å². The van der Waals surface area contributed by atoms with E-state index in [0.717, 1.165) is 17.8 Å². The molecule has 0 aromatic carbocycles. The molecule has 0 aliphatic heterocycles. The van der Waals surface area contributed by atoms with Crippen molar-refractivity contribution in [2.75, 3.05) is 0 Å². The first-order chi connectivity index (χ1) is 6.30. The Morgan fingerprint density at radius 1 is 0.846 bits per heavy atom. The molecule has 0 spiro atoms. The van der Waals surface area contributed by atoms with Gasteiger partial charge in [0.1, 0.15) is 0 Å². The SMILES string of the molecule is OC12C([C@@H]3CC[C@H]1C3)[C@@H]1CC[C@H]2C1. The van der Waals surface area contributed by atoms with E-state index in [1.165, 1.54) is 38.5 Å². The number of fused-ring (bicyclic) bond motifs is 9. The fraction of sp³-hybridized carbons (Fsp3) is 1.00. The predicted molar refractivity (Wildman–Crippen MR) is 50.1 cm³/mol. The largest absolute Gasteiger partial charge is 0.389 e. The van der Waals surface area contributed by atoms with E-state index >= 15 is 0 Å². The van der Waals surface area contributed by atoms with Gasteiger partial charge in [0.05, 0.1) is 5.60 Å². The zero-order valence-electron chi connectivity index (χ0n) is 8.08. The van der Waals surface area contributed by atoms with Crippen LogP contribution < -0.4 is 0 Å². The fourth-order valence-electron chi connectivity index (χ4n) is 5.54. The van der Waals surface area contributed by atoms with E-state index in [1.807, 2.05) is 0 Å². The highest BCUT2D eigenvalue weighted by Gasteiger charge is 2.68. The third-order valence-corrected chi connectivity index (χ3v) is 5.80. The zero-order valence-corrected chi connectivity index (χ0v) is 8.08. The molecule has 13 heavy (non-hydrogen) atoms. The Labute approximate surface area is 79.5 Å². The molecule has 4 aliphatic carbocycles. The van der Waals surface area contributed by atoms with Crippen LogP contribution >= 0.6 is 0 Å². The maximum Gasteiger partial charge on any atom is 0.0737 e. The molecule has 0 unspecified atom stereocenters. The van der Waals surface area contributed by atoms with Crippen LogP contribution in [0.25, 0.3) is 0 Å². The van der Waals surface area contributed by atoms with Crippen molar-refractivity contribution in [1.82, 2.24) is 0 Å². The van der Waals surface area contributed by atoms with Crippen LogP contribution in [-0.2, 0) is 0 Å². The summed E-state index contributed by atoms with van der Waals surface area (Å²) >= 11 is 0. The summed E-state index contributed by atoms with van der Waals surface area (Å²) in [7, 11) is 0. The first kappa shape index (κ1) is 7.28. The van der Waals surface area contributed by atoms with Crippen molar-refractivity contribution in [2.24, 2.45) is 29.6 Å². The van der Waals surface area contributed by atoms with Crippen LogP contribution in [0.3, 0.4) is 0 Å². The van der Waals surface area contributed by atoms with Gasteiger partial charge in [0, 0.05) is 0 Å². The topological polar surface area (TPSA) is 20.2 Å². The van der Waals surface area contributed by atoms with Crippen molar-refractivity contribution in [3.63, 3.8) is 0 Å². The molecule has 1 nitrogen and oxygen atoms in total. The van der Waals surface area contributed by atoms with Crippen molar-refractivity contribution in [1.29, 1.82) is 0 Å². The van der Waals surface area contributed by atoms with E-state index in [9.17, 15) is 5.11 Å².